The van der Waals surface area contributed by atoms with Crippen molar-refractivity contribution in [2.24, 2.45) is 10.7 Å². The van der Waals surface area contributed by atoms with E-state index in [9.17, 15) is 13.2 Å². The summed E-state index contributed by atoms with van der Waals surface area (Å²) >= 11 is 0. The highest BCUT2D eigenvalue weighted by Gasteiger charge is 2.33. The van der Waals surface area contributed by atoms with Crippen molar-refractivity contribution in [2.75, 3.05) is 5.73 Å². The van der Waals surface area contributed by atoms with Gasteiger partial charge in [-0.2, -0.15) is 13.2 Å². The normalized spacial score (nSPS) is 12.3. The maximum Gasteiger partial charge on any atom is 0.417 e. The number of anilines is 1. The van der Waals surface area contributed by atoms with E-state index in [2.05, 4.69) is 15.0 Å². The quantitative estimate of drug-likeness (QED) is 0.286. The molecule has 0 fully saturated rings. The van der Waals surface area contributed by atoms with Crippen LogP contribution in [0.3, 0.4) is 0 Å². The molecule has 150 valence electrons. The summed E-state index contributed by atoms with van der Waals surface area (Å²) in [5.74, 6) is 0.203. The van der Waals surface area contributed by atoms with E-state index in [-0.39, 0.29) is 22.9 Å². The number of hydrogen-bond donors (Lipinski definition) is 2. The molecule has 0 amide bonds. The van der Waals surface area contributed by atoms with Crippen LogP contribution in [0.4, 0.5) is 24.7 Å². The average Bonchev–Trinajstić information content (AvgIpc) is 2.73. The SMILES string of the molecule is NC(=Nc1nc(-c2ccccc2C(F)(F)F)cc2cccnc12)c1ccccc1N. The number of aliphatic imine (C=N–C) groups is 1. The number of nitrogens with zero attached hydrogens (tertiary/aromatic N) is 3. The fraction of sp³-hybridized carbons (Fsp3) is 0.0455. The third-order valence-corrected chi connectivity index (χ3v) is 4.54. The molecule has 0 atom stereocenters. The first kappa shape index (κ1) is 19.4. The number of alkyl halides is 3. The lowest BCUT2D eigenvalue weighted by Crippen LogP contribution is -2.15. The second-order valence-corrected chi connectivity index (χ2v) is 6.53. The van der Waals surface area contributed by atoms with Crippen LogP contribution in [0.5, 0.6) is 0 Å². The molecule has 0 saturated carbocycles. The fourth-order valence-electron chi connectivity index (χ4n) is 3.14. The number of hydrogen-bond acceptors (Lipinski definition) is 4. The van der Waals surface area contributed by atoms with E-state index in [1.807, 2.05) is 0 Å². The minimum atomic E-state index is -4.52. The van der Waals surface area contributed by atoms with E-state index in [0.717, 1.165) is 6.07 Å². The number of benzene rings is 2. The summed E-state index contributed by atoms with van der Waals surface area (Å²) < 4.78 is 40.6. The van der Waals surface area contributed by atoms with Gasteiger partial charge in [-0.1, -0.05) is 36.4 Å². The van der Waals surface area contributed by atoms with Crippen molar-refractivity contribution in [3.63, 3.8) is 0 Å². The van der Waals surface area contributed by atoms with Gasteiger partial charge in [0.1, 0.15) is 11.4 Å². The van der Waals surface area contributed by atoms with Crippen molar-refractivity contribution in [3.8, 4) is 11.3 Å². The lowest BCUT2D eigenvalue weighted by atomic mass is 10.0. The van der Waals surface area contributed by atoms with Crippen molar-refractivity contribution >= 4 is 28.2 Å². The summed E-state index contributed by atoms with van der Waals surface area (Å²) in [6.45, 7) is 0. The Morgan fingerprint density at radius 2 is 1.67 bits per heavy atom. The van der Waals surface area contributed by atoms with Crippen molar-refractivity contribution < 1.29 is 13.2 Å². The van der Waals surface area contributed by atoms with E-state index in [1.165, 1.54) is 18.2 Å². The van der Waals surface area contributed by atoms with E-state index in [1.54, 1.807) is 48.7 Å². The van der Waals surface area contributed by atoms with Crippen molar-refractivity contribution in [2.45, 2.75) is 6.18 Å². The lowest BCUT2D eigenvalue weighted by molar-refractivity contribution is -0.137. The molecule has 2 aromatic carbocycles. The van der Waals surface area contributed by atoms with Gasteiger partial charge < -0.3 is 11.5 Å². The Morgan fingerprint density at radius 3 is 2.43 bits per heavy atom. The maximum absolute atomic E-state index is 13.5. The minimum absolute atomic E-state index is 0.0509. The number of para-hydroxylation sites is 1. The van der Waals surface area contributed by atoms with Gasteiger partial charge in [0.25, 0.3) is 0 Å². The molecule has 0 spiro atoms. The van der Waals surface area contributed by atoms with Gasteiger partial charge in [0, 0.05) is 28.4 Å². The molecule has 4 N–H and O–H groups in total. The van der Waals surface area contributed by atoms with Crippen LogP contribution in [0.15, 0.2) is 77.9 Å². The molecule has 2 aromatic heterocycles. The Labute approximate surface area is 169 Å². The summed E-state index contributed by atoms with van der Waals surface area (Å²) in [6, 6.07) is 17.1. The molecule has 0 unspecified atom stereocenters. The Morgan fingerprint density at radius 1 is 0.933 bits per heavy atom. The van der Waals surface area contributed by atoms with Crippen LogP contribution in [-0.4, -0.2) is 15.8 Å². The number of nitrogens with two attached hydrogens (primary N) is 2. The van der Waals surface area contributed by atoms with E-state index in [0.29, 0.717) is 22.2 Å². The van der Waals surface area contributed by atoms with Crippen LogP contribution in [0, 0.1) is 0 Å². The van der Waals surface area contributed by atoms with E-state index >= 15 is 0 Å². The number of rotatable bonds is 3. The van der Waals surface area contributed by atoms with Crippen LogP contribution in [0.1, 0.15) is 11.1 Å². The summed E-state index contributed by atoms with van der Waals surface area (Å²) in [7, 11) is 0. The molecular formula is C22H16F3N5. The van der Waals surface area contributed by atoms with Crippen LogP contribution < -0.4 is 11.5 Å². The monoisotopic (exact) mass is 407 g/mol. The molecule has 4 rings (SSSR count). The lowest BCUT2D eigenvalue weighted by Gasteiger charge is -2.13. The van der Waals surface area contributed by atoms with Gasteiger partial charge in [-0.15, -0.1) is 0 Å². The van der Waals surface area contributed by atoms with Gasteiger partial charge >= 0.3 is 6.18 Å². The molecule has 0 aliphatic rings. The molecule has 0 aliphatic heterocycles. The van der Waals surface area contributed by atoms with Gasteiger partial charge in [-0.3, -0.25) is 4.98 Å². The Kier molecular flexibility index (Phi) is 4.83. The minimum Gasteiger partial charge on any atom is -0.398 e. The second kappa shape index (κ2) is 7.47. The first-order valence-corrected chi connectivity index (χ1v) is 8.96. The Balaban J connectivity index is 1.95. The van der Waals surface area contributed by atoms with Crippen molar-refractivity contribution in [1.29, 1.82) is 0 Å². The van der Waals surface area contributed by atoms with Gasteiger partial charge in [-0.25, -0.2) is 9.98 Å². The molecule has 4 aromatic rings. The van der Waals surface area contributed by atoms with Crippen molar-refractivity contribution in [3.05, 3.63) is 84.1 Å². The molecule has 0 aliphatic carbocycles. The van der Waals surface area contributed by atoms with Crippen LogP contribution in [0.2, 0.25) is 0 Å². The summed E-state index contributed by atoms with van der Waals surface area (Å²) in [4.78, 5) is 13.0. The predicted molar refractivity (Wildman–Crippen MR) is 111 cm³/mol. The molecular weight excluding hydrogens is 391 g/mol. The zero-order valence-corrected chi connectivity index (χ0v) is 15.6. The first-order chi connectivity index (χ1) is 14.3. The maximum atomic E-state index is 13.5. The van der Waals surface area contributed by atoms with Gasteiger partial charge in [0.2, 0.25) is 0 Å². The number of nitrogen functional groups attached to an aromatic ring is 1. The molecule has 2 heterocycles. The number of halogens is 3. The highest BCUT2D eigenvalue weighted by atomic mass is 19.4. The molecule has 8 heteroatoms. The highest BCUT2D eigenvalue weighted by Crippen LogP contribution is 2.38. The largest absolute Gasteiger partial charge is 0.417 e. The number of pyridine rings is 2. The summed E-state index contributed by atoms with van der Waals surface area (Å²) in [5.41, 5.74) is 12.7. The topological polar surface area (TPSA) is 90.2 Å². The van der Waals surface area contributed by atoms with Crippen LogP contribution in [-0.2, 0) is 6.18 Å². The molecule has 0 radical (unpaired) electrons. The molecule has 30 heavy (non-hydrogen) atoms. The fourth-order valence-corrected chi connectivity index (χ4v) is 3.14. The molecule has 5 nitrogen and oxygen atoms in total. The zero-order chi connectivity index (χ0) is 21.3. The number of fused-ring (bicyclic) bond motifs is 1. The summed E-state index contributed by atoms with van der Waals surface area (Å²) in [6.07, 6.45) is -2.97. The second-order valence-electron chi connectivity index (χ2n) is 6.53. The van der Waals surface area contributed by atoms with E-state index < -0.39 is 11.7 Å². The Bertz CT molecular complexity index is 1270. The summed E-state index contributed by atoms with van der Waals surface area (Å²) in [5, 5.41) is 0.590. The average molecular weight is 407 g/mol. The molecule has 0 saturated heterocycles. The molecule has 0 bridgehead atoms. The standard InChI is InChI=1S/C22H16F3N5/c23-22(24,25)16-9-3-1-7-14(16)18-12-13-6-5-11-28-19(13)21(29-18)30-20(27)15-8-2-4-10-17(15)26/h1-12H,26H2,(H2,27,29,30). The number of aromatic nitrogens is 2. The van der Waals surface area contributed by atoms with Gasteiger partial charge in [0.05, 0.1) is 11.3 Å². The smallest absolute Gasteiger partial charge is 0.398 e. The van der Waals surface area contributed by atoms with Gasteiger partial charge in [0.15, 0.2) is 5.82 Å². The Hall–Kier alpha value is -3.94. The third-order valence-electron chi connectivity index (χ3n) is 4.54. The third kappa shape index (κ3) is 3.67. The first-order valence-electron chi connectivity index (χ1n) is 8.96. The van der Waals surface area contributed by atoms with Gasteiger partial charge in [-0.05, 0) is 30.3 Å². The van der Waals surface area contributed by atoms with Crippen LogP contribution >= 0.6 is 0 Å². The van der Waals surface area contributed by atoms with Crippen molar-refractivity contribution in [1.82, 2.24) is 9.97 Å². The van der Waals surface area contributed by atoms with Crippen LogP contribution in [0.25, 0.3) is 22.2 Å². The zero-order valence-electron chi connectivity index (χ0n) is 15.6. The highest BCUT2D eigenvalue weighted by molar-refractivity contribution is 6.04. The predicted octanol–water partition coefficient (Wildman–Crippen LogP) is 4.93. The van der Waals surface area contributed by atoms with E-state index in [4.69, 9.17) is 11.5 Å². The number of amidine groups is 1.